The molecule has 0 atom stereocenters. The number of phenols is 2. The monoisotopic (exact) mass is 258 g/mol. The van der Waals surface area contributed by atoms with Crippen LogP contribution in [0.2, 0.25) is 0 Å². The first-order valence-corrected chi connectivity index (χ1v) is 6.49. The molecule has 0 spiro atoms. The van der Waals surface area contributed by atoms with Gasteiger partial charge in [-0.3, -0.25) is 0 Å². The topological polar surface area (TPSA) is 49.7 Å². The lowest BCUT2D eigenvalue weighted by molar-refractivity contribution is 0.382. The summed E-state index contributed by atoms with van der Waals surface area (Å²) in [6.45, 7) is 2.12. The second-order valence-electron chi connectivity index (χ2n) is 4.44. The molecule has 0 amide bonds. The van der Waals surface area contributed by atoms with Crippen molar-refractivity contribution in [2.24, 2.45) is 0 Å². The highest BCUT2D eigenvalue weighted by Gasteiger charge is 2.11. The van der Waals surface area contributed by atoms with Crippen LogP contribution < -0.4 is 4.74 Å². The second kappa shape index (κ2) is 6.14. The van der Waals surface area contributed by atoms with E-state index in [9.17, 15) is 10.2 Å². The molecule has 0 bridgehead atoms. The fraction of sp³-hybridized carbons (Fsp3) is 0.250. The van der Waals surface area contributed by atoms with Gasteiger partial charge in [0.1, 0.15) is 0 Å². The van der Waals surface area contributed by atoms with Crippen molar-refractivity contribution in [2.45, 2.75) is 26.2 Å². The van der Waals surface area contributed by atoms with Crippen LogP contribution in [0.4, 0.5) is 0 Å². The lowest BCUT2D eigenvalue weighted by Crippen LogP contribution is -1.93. The minimum atomic E-state index is 0.0622. The zero-order valence-electron chi connectivity index (χ0n) is 11.0. The van der Waals surface area contributed by atoms with Gasteiger partial charge >= 0.3 is 0 Å². The molecule has 100 valence electrons. The number of hydrogen-bond acceptors (Lipinski definition) is 3. The van der Waals surface area contributed by atoms with Crippen molar-refractivity contribution < 1.29 is 14.9 Å². The van der Waals surface area contributed by atoms with E-state index in [0.717, 1.165) is 24.8 Å². The van der Waals surface area contributed by atoms with E-state index < -0.39 is 0 Å². The van der Waals surface area contributed by atoms with E-state index in [1.165, 1.54) is 0 Å². The maximum Gasteiger partial charge on any atom is 0.172 e. The first-order chi connectivity index (χ1) is 9.22. The predicted molar refractivity (Wildman–Crippen MR) is 74.9 cm³/mol. The standard InChI is InChI=1S/C16H18O3/c1-2-3-7-12-8-6-10-14(18)16(12)19-15-11-5-4-9-13(15)17/h4-6,8-11,17-18H,2-3,7H2,1H3. The molecule has 3 heteroatoms. The van der Waals surface area contributed by atoms with E-state index in [4.69, 9.17) is 4.74 Å². The Labute approximate surface area is 113 Å². The molecule has 2 N–H and O–H groups in total. The van der Waals surface area contributed by atoms with Gasteiger partial charge in [0, 0.05) is 0 Å². The van der Waals surface area contributed by atoms with Crippen molar-refractivity contribution >= 4 is 0 Å². The Morgan fingerprint density at radius 2 is 1.68 bits per heavy atom. The first-order valence-electron chi connectivity index (χ1n) is 6.49. The Morgan fingerprint density at radius 3 is 2.42 bits per heavy atom. The third-order valence-electron chi connectivity index (χ3n) is 2.95. The molecule has 19 heavy (non-hydrogen) atoms. The average Bonchev–Trinajstić information content (AvgIpc) is 2.41. The second-order valence-corrected chi connectivity index (χ2v) is 4.44. The van der Waals surface area contributed by atoms with Gasteiger partial charge in [-0.1, -0.05) is 37.6 Å². The van der Waals surface area contributed by atoms with Crippen LogP contribution in [-0.2, 0) is 6.42 Å². The molecule has 3 nitrogen and oxygen atoms in total. The van der Waals surface area contributed by atoms with E-state index in [1.807, 2.05) is 6.07 Å². The number of aromatic hydroxyl groups is 2. The molecular formula is C16H18O3. The molecule has 0 aliphatic carbocycles. The van der Waals surface area contributed by atoms with Crippen LogP contribution >= 0.6 is 0 Å². The summed E-state index contributed by atoms with van der Waals surface area (Å²) in [5.74, 6) is 0.934. The highest BCUT2D eigenvalue weighted by atomic mass is 16.5. The lowest BCUT2D eigenvalue weighted by Gasteiger charge is -2.13. The van der Waals surface area contributed by atoms with E-state index in [-0.39, 0.29) is 11.5 Å². The maximum atomic E-state index is 9.94. The van der Waals surface area contributed by atoms with Gasteiger partial charge < -0.3 is 14.9 Å². The van der Waals surface area contributed by atoms with Gasteiger partial charge in [-0.25, -0.2) is 0 Å². The molecule has 0 aliphatic rings. The molecular weight excluding hydrogens is 240 g/mol. The molecule has 0 aliphatic heterocycles. The molecule has 2 rings (SSSR count). The Hall–Kier alpha value is -2.16. The van der Waals surface area contributed by atoms with Crippen molar-refractivity contribution in [3.05, 3.63) is 48.0 Å². The fourth-order valence-corrected chi connectivity index (χ4v) is 1.91. The Kier molecular flexibility index (Phi) is 4.29. The van der Waals surface area contributed by atoms with E-state index >= 15 is 0 Å². The van der Waals surface area contributed by atoms with Gasteiger partial charge in [-0.2, -0.15) is 0 Å². The average molecular weight is 258 g/mol. The van der Waals surface area contributed by atoms with Crippen LogP contribution in [0.1, 0.15) is 25.3 Å². The molecule has 2 aromatic carbocycles. The fourth-order valence-electron chi connectivity index (χ4n) is 1.91. The third-order valence-corrected chi connectivity index (χ3v) is 2.95. The summed E-state index contributed by atoms with van der Waals surface area (Å²) in [7, 11) is 0. The highest BCUT2D eigenvalue weighted by molar-refractivity contribution is 5.50. The highest BCUT2D eigenvalue weighted by Crippen LogP contribution is 2.38. The Bertz CT molecular complexity index is 549. The van der Waals surface area contributed by atoms with E-state index in [0.29, 0.717) is 11.5 Å². The van der Waals surface area contributed by atoms with Gasteiger partial charge in [0.05, 0.1) is 0 Å². The van der Waals surface area contributed by atoms with E-state index in [1.54, 1.807) is 36.4 Å². The van der Waals surface area contributed by atoms with Crippen molar-refractivity contribution in [1.29, 1.82) is 0 Å². The van der Waals surface area contributed by atoms with E-state index in [2.05, 4.69) is 6.92 Å². The molecule has 0 heterocycles. The number of aryl methyl sites for hydroxylation is 1. The first kappa shape index (κ1) is 13.3. The van der Waals surface area contributed by atoms with Crippen LogP contribution in [0, 0.1) is 0 Å². The van der Waals surface area contributed by atoms with Crippen LogP contribution in [0.15, 0.2) is 42.5 Å². The number of benzene rings is 2. The number of unbranched alkanes of at least 4 members (excludes halogenated alkanes) is 1. The third kappa shape index (κ3) is 3.19. The number of para-hydroxylation sites is 3. The molecule has 0 unspecified atom stereocenters. The summed E-state index contributed by atoms with van der Waals surface area (Å²) < 4.78 is 5.67. The molecule has 0 radical (unpaired) electrons. The Morgan fingerprint density at radius 1 is 0.947 bits per heavy atom. The van der Waals surface area contributed by atoms with Gasteiger partial charge in [0.25, 0.3) is 0 Å². The largest absolute Gasteiger partial charge is 0.504 e. The van der Waals surface area contributed by atoms with Crippen LogP contribution in [0.3, 0.4) is 0 Å². The predicted octanol–water partition coefficient (Wildman–Crippen LogP) is 4.23. The van der Waals surface area contributed by atoms with Crippen molar-refractivity contribution in [1.82, 2.24) is 0 Å². The minimum Gasteiger partial charge on any atom is -0.504 e. The number of phenolic OH excluding ortho intramolecular Hbond substituents is 2. The summed E-state index contributed by atoms with van der Waals surface area (Å²) in [5.41, 5.74) is 0.949. The Balaban J connectivity index is 2.31. The number of ether oxygens (including phenoxy) is 1. The number of hydrogen-bond donors (Lipinski definition) is 2. The lowest BCUT2D eigenvalue weighted by atomic mass is 10.1. The SMILES string of the molecule is CCCCc1cccc(O)c1Oc1ccccc1O. The van der Waals surface area contributed by atoms with Gasteiger partial charge in [-0.05, 0) is 36.6 Å². The maximum absolute atomic E-state index is 9.94. The van der Waals surface area contributed by atoms with Gasteiger partial charge in [0.2, 0.25) is 0 Å². The quantitative estimate of drug-likeness (QED) is 0.843. The van der Waals surface area contributed by atoms with Gasteiger partial charge in [0.15, 0.2) is 23.0 Å². The molecule has 0 aromatic heterocycles. The summed E-state index contributed by atoms with van der Waals surface area (Å²) in [6.07, 6.45) is 2.94. The van der Waals surface area contributed by atoms with Gasteiger partial charge in [-0.15, -0.1) is 0 Å². The van der Waals surface area contributed by atoms with Crippen molar-refractivity contribution in [2.75, 3.05) is 0 Å². The summed E-state index contributed by atoms with van der Waals surface area (Å²) in [4.78, 5) is 0. The van der Waals surface area contributed by atoms with Crippen LogP contribution in [-0.4, -0.2) is 10.2 Å². The molecule has 0 saturated heterocycles. The molecule has 2 aromatic rings. The minimum absolute atomic E-state index is 0.0622. The summed E-state index contributed by atoms with van der Waals surface area (Å²) in [5, 5.41) is 19.7. The van der Waals surface area contributed by atoms with Crippen LogP contribution in [0.25, 0.3) is 0 Å². The summed E-state index contributed by atoms with van der Waals surface area (Å²) >= 11 is 0. The zero-order chi connectivity index (χ0) is 13.7. The smallest absolute Gasteiger partial charge is 0.172 e. The molecule has 0 saturated carbocycles. The normalized spacial score (nSPS) is 10.4. The van der Waals surface area contributed by atoms with Crippen LogP contribution in [0.5, 0.6) is 23.0 Å². The summed E-state index contributed by atoms with van der Waals surface area (Å²) in [6, 6.07) is 12.1. The zero-order valence-corrected chi connectivity index (χ0v) is 11.0. The van der Waals surface area contributed by atoms with Crippen molar-refractivity contribution in [3.8, 4) is 23.0 Å². The molecule has 0 fully saturated rings. The van der Waals surface area contributed by atoms with Crippen molar-refractivity contribution in [3.63, 3.8) is 0 Å². The number of rotatable bonds is 5.